The Kier molecular flexibility index (Phi) is 7.09. The van der Waals surface area contributed by atoms with Gasteiger partial charge in [0.1, 0.15) is 17.3 Å². The van der Waals surface area contributed by atoms with Crippen molar-refractivity contribution >= 4 is 11.7 Å². The first-order chi connectivity index (χ1) is 11.6. The minimum absolute atomic E-state index is 0.0103. The van der Waals surface area contributed by atoms with Crippen molar-refractivity contribution in [2.45, 2.75) is 51.5 Å². The number of nitrogens with one attached hydrogen (secondary N) is 1. The van der Waals surface area contributed by atoms with Crippen molar-refractivity contribution in [1.29, 1.82) is 0 Å². The van der Waals surface area contributed by atoms with E-state index in [4.69, 9.17) is 9.47 Å². The minimum atomic E-state index is 0.0103. The second kappa shape index (κ2) is 9.30. The SMILES string of the molecule is COc1ccc(CNC(=O)CCCC2CCCCC2=O)c(OC)c1. The lowest BCUT2D eigenvalue weighted by Crippen LogP contribution is -2.24. The van der Waals surface area contributed by atoms with Crippen LogP contribution in [0.5, 0.6) is 11.5 Å². The lowest BCUT2D eigenvalue weighted by atomic mass is 9.84. The van der Waals surface area contributed by atoms with Crippen molar-refractivity contribution in [3.8, 4) is 11.5 Å². The van der Waals surface area contributed by atoms with E-state index in [0.29, 0.717) is 30.9 Å². The first-order valence-electron chi connectivity index (χ1n) is 8.64. The maximum absolute atomic E-state index is 12.0. The van der Waals surface area contributed by atoms with E-state index < -0.39 is 0 Å². The summed E-state index contributed by atoms with van der Waals surface area (Å²) in [4.78, 5) is 23.8. The summed E-state index contributed by atoms with van der Waals surface area (Å²) in [5, 5.41) is 2.92. The van der Waals surface area contributed by atoms with Gasteiger partial charge in [-0.3, -0.25) is 9.59 Å². The van der Waals surface area contributed by atoms with Gasteiger partial charge < -0.3 is 14.8 Å². The summed E-state index contributed by atoms with van der Waals surface area (Å²) in [6.07, 6.45) is 5.93. The van der Waals surface area contributed by atoms with Crippen LogP contribution in [0.15, 0.2) is 18.2 Å². The first-order valence-corrected chi connectivity index (χ1v) is 8.64. The molecule has 5 nitrogen and oxygen atoms in total. The molecule has 132 valence electrons. The van der Waals surface area contributed by atoms with E-state index >= 15 is 0 Å². The molecule has 1 unspecified atom stereocenters. The molecular weight excluding hydrogens is 306 g/mol. The molecule has 0 aromatic heterocycles. The third-order valence-corrected chi connectivity index (χ3v) is 4.61. The van der Waals surface area contributed by atoms with Gasteiger partial charge in [0, 0.05) is 36.9 Å². The van der Waals surface area contributed by atoms with Gasteiger partial charge in [-0.2, -0.15) is 0 Å². The van der Waals surface area contributed by atoms with Crippen LogP contribution in [0.1, 0.15) is 50.5 Å². The topological polar surface area (TPSA) is 64.6 Å². The summed E-state index contributed by atoms with van der Waals surface area (Å²) in [5.74, 6) is 1.98. The summed E-state index contributed by atoms with van der Waals surface area (Å²) < 4.78 is 10.5. The van der Waals surface area contributed by atoms with Gasteiger partial charge in [-0.25, -0.2) is 0 Å². The van der Waals surface area contributed by atoms with Crippen LogP contribution in [0.2, 0.25) is 0 Å². The zero-order valence-electron chi connectivity index (χ0n) is 14.6. The Morgan fingerprint density at radius 2 is 2.08 bits per heavy atom. The van der Waals surface area contributed by atoms with Crippen molar-refractivity contribution < 1.29 is 19.1 Å². The average Bonchev–Trinajstić information content (AvgIpc) is 2.61. The van der Waals surface area contributed by atoms with E-state index in [9.17, 15) is 9.59 Å². The highest BCUT2D eigenvalue weighted by atomic mass is 16.5. The highest BCUT2D eigenvalue weighted by Crippen LogP contribution is 2.26. The lowest BCUT2D eigenvalue weighted by Gasteiger charge is -2.20. The number of rotatable bonds is 8. The Hall–Kier alpha value is -2.04. The third-order valence-electron chi connectivity index (χ3n) is 4.61. The molecule has 1 saturated carbocycles. The molecule has 5 heteroatoms. The van der Waals surface area contributed by atoms with Crippen molar-refractivity contribution in [1.82, 2.24) is 5.32 Å². The molecule has 0 saturated heterocycles. The molecule has 0 aliphatic heterocycles. The van der Waals surface area contributed by atoms with Gasteiger partial charge in [-0.15, -0.1) is 0 Å². The number of methoxy groups -OCH3 is 2. The molecule has 1 N–H and O–H groups in total. The van der Waals surface area contributed by atoms with Crippen LogP contribution in [-0.4, -0.2) is 25.9 Å². The number of ketones is 1. The van der Waals surface area contributed by atoms with Crippen LogP contribution in [0.4, 0.5) is 0 Å². The molecule has 1 fully saturated rings. The van der Waals surface area contributed by atoms with Gasteiger partial charge in [-0.1, -0.05) is 6.42 Å². The number of hydrogen-bond acceptors (Lipinski definition) is 4. The first kappa shape index (κ1) is 18.3. The molecule has 1 amide bonds. The fraction of sp³-hybridized carbons (Fsp3) is 0.579. The number of ether oxygens (including phenoxy) is 2. The van der Waals surface area contributed by atoms with Gasteiger partial charge in [0.2, 0.25) is 5.91 Å². The Morgan fingerprint density at radius 3 is 2.79 bits per heavy atom. The molecule has 0 heterocycles. The minimum Gasteiger partial charge on any atom is -0.497 e. The molecule has 0 spiro atoms. The molecule has 1 atom stereocenters. The highest BCUT2D eigenvalue weighted by molar-refractivity contribution is 5.81. The predicted molar refractivity (Wildman–Crippen MR) is 92.2 cm³/mol. The number of amides is 1. The van der Waals surface area contributed by atoms with Crippen LogP contribution in [-0.2, 0) is 16.1 Å². The predicted octanol–water partition coefficient (Wildman–Crippen LogP) is 3.25. The zero-order chi connectivity index (χ0) is 17.4. The Morgan fingerprint density at radius 1 is 1.25 bits per heavy atom. The lowest BCUT2D eigenvalue weighted by molar-refractivity contribution is -0.125. The summed E-state index contributed by atoms with van der Waals surface area (Å²) in [5.41, 5.74) is 0.911. The number of carbonyl (C=O) groups excluding carboxylic acids is 2. The third kappa shape index (κ3) is 5.25. The molecule has 1 aromatic rings. The van der Waals surface area contributed by atoms with Crippen molar-refractivity contribution in [3.63, 3.8) is 0 Å². The maximum atomic E-state index is 12.0. The van der Waals surface area contributed by atoms with E-state index in [1.807, 2.05) is 12.1 Å². The number of benzene rings is 1. The van der Waals surface area contributed by atoms with E-state index in [1.54, 1.807) is 20.3 Å². The quantitative estimate of drug-likeness (QED) is 0.793. The Bertz CT molecular complexity index is 570. The second-order valence-corrected chi connectivity index (χ2v) is 6.26. The average molecular weight is 333 g/mol. The normalized spacial score (nSPS) is 17.4. The molecule has 2 rings (SSSR count). The second-order valence-electron chi connectivity index (χ2n) is 6.26. The van der Waals surface area contributed by atoms with Gasteiger partial charge in [0.15, 0.2) is 0 Å². The van der Waals surface area contributed by atoms with Crippen molar-refractivity contribution in [3.05, 3.63) is 23.8 Å². The van der Waals surface area contributed by atoms with Gasteiger partial charge in [0.05, 0.1) is 14.2 Å². The molecule has 1 aromatic carbocycles. The van der Waals surface area contributed by atoms with Gasteiger partial charge in [-0.05, 0) is 37.8 Å². The highest BCUT2D eigenvalue weighted by Gasteiger charge is 2.21. The molecule has 0 bridgehead atoms. The Labute approximate surface area is 143 Å². The number of hydrogen-bond donors (Lipinski definition) is 1. The standard InChI is InChI=1S/C19H27NO4/c1-23-16-11-10-15(18(12-16)24-2)13-20-19(22)9-5-7-14-6-3-4-8-17(14)21/h10-12,14H,3-9,13H2,1-2H3,(H,20,22). The molecular formula is C19H27NO4. The maximum Gasteiger partial charge on any atom is 0.220 e. The van der Waals surface area contributed by atoms with Crippen LogP contribution in [0.25, 0.3) is 0 Å². The summed E-state index contributed by atoms with van der Waals surface area (Å²) in [6.45, 7) is 0.425. The summed E-state index contributed by atoms with van der Waals surface area (Å²) in [6, 6.07) is 5.54. The van der Waals surface area contributed by atoms with Gasteiger partial charge >= 0.3 is 0 Å². The van der Waals surface area contributed by atoms with Crippen LogP contribution in [0, 0.1) is 5.92 Å². The molecule has 24 heavy (non-hydrogen) atoms. The fourth-order valence-electron chi connectivity index (χ4n) is 3.15. The monoisotopic (exact) mass is 333 g/mol. The summed E-state index contributed by atoms with van der Waals surface area (Å²) in [7, 11) is 3.20. The largest absolute Gasteiger partial charge is 0.497 e. The van der Waals surface area contributed by atoms with Crippen molar-refractivity contribution in [2.24, 2.45) is 5.92 Å². The fourth-order valence-corrected chi connectivity index (χ4v) is 3.15. The molecule has 1 aliphatic rings. The van der Waals surface area contributed by atoms with Crippen LogP contribution < -0.4 is 14.8 Å². The zero-order valence-corrected chi connectivity index (χ0v) is 14.6. The van der Waals surface area contributed by atoms with E-state index in [2.05, 4.69) is 5.32 Å². The smallest absolute Gasteiger partial charge is 0.220 e. The van der Waals surface area contributed by atoms with Crippen molar-refractivity contribution in [2.75, 3.05) is 14.2 Å². The van der Waals surface area contributed by atoms with E-state index in [0.717, 1.165) is 43.4 Å². The Balaban J connectivity index is 1.74. The van der Waals surface area contributed by atoms with E-state index in [-0.39, 0.29) is 11.8 Å². The summed E-state index contributed by atoms with van der Waals surface area (Å²) >= 11 is 0. The molecule has 1 aliphatic carbocycles. The van der Waals surface area contributed by atoms with E-state index in [1.165, 1.54) is 0 Å². The van der Waals surface area contributed by atoms with Gasteiger partial charge in [0.25, 0.3) is 0 Å². The number of carbonyl (C=O) groups is 2. The van der Waals surface area contributed by atoms with Crippen LogP contribution >= 0.6 is 0 Å². The molecule has 0 radical (unpaired) electrons. The number of Topliss-reactive ketones (excluding diaryl/α,β-unsaturated/α-hetero) is 1. The van der Waals surface area contributed by atoms with Crippen LogP contribution in [0.3, 0.4) is 0 Å².